The molecule has 3 amide bonds. The van der Waals surface area contributed by atoms with Crippen LogP contribution in [0.5, 0.6) is 0 Å². The Morgan fingerprint density at radius 2 is 1.68 bits per heavy atom. The maximum atomic E-state index is 15.4. The van der Waals surface area contributed by atoms with Crippen molar-refractivity contribution >= 4 is 39.6 Å². The van der Waals surface area contributed by atoms with Crippen molar-refractivity contribution in [1.29, 1.82) is 0 Å². The molecule has 0 radical (unpaired) electrons. The minimum Gasteiger partial charge on any atom is -0.455 e. The predicted octanol–water partition coefficient (Wildman–Crippen LogP) is 6.08. The molecular weight excluding hydrogens is 778 g/mol. The zero-order chi connectivity index (χ0) is 41.0. The van der Waals surface area contributed by atoms with Crippen molar-refractivity contribution in [3.63, 3.8) is 0 Å². The number of amides is 3. The van der Waals surface area contributed by atoms with Gasteiger partial charge < -0.3 is 34.4 Å². The molecule has 2 bridgehead atoms. The molecule has 0 saturated carbocycles. The number of likely N-dealkylation sites (tertiary alicyclic amines) is 1. The Morgan fingerprint density at radius 1 is 1.05 bits per heavy atom. The number of hydrogen-bond donors (Lipinski definition) is 2. The van der Waals surface area contributed by atoms with Crippen molar-refractivity contribution in [2.75, 3.05) is 26.9 Å². The molecule has 3 aliphatic rings. The minimum absolute atomic E-state index is 0.0354. The molecule has 304 valence electrons. The van der Waals surface area contributed by atoms with Gasteiger partial charge in [0.15, 0.2) is 0 Å². The molecule has 9 atom stereocenters. The van der Waals surface area contributed by atoms with E-state index in [1.165, 1.54) is 12.0 Å². The van der Waals surface area contributed by atoms with Gasteiger partial charge in [-0.25, -0.2) is 0 Å². The van der Waals surface area contributed by atoms with E-state index in [0.29, 0.717) is 24.0 Å². The van der Waals surface area contributed by atoms with Gasteiger partial charge in [-0.05, 0) is 49.7 Å². The van der Waals surface area contributed by atoms with Crippen LogP contribution in [0.3, 0.4) is 0 Å². The SMILES string of the molecule is C=CCCC(=O)N[C@H](COC)[C@H](OC(=O)[C@H]1[C@@H]2O[C@@]3(CC2Br)[C@@H]1C(=O)N([C@H](CO)c1ccccc1)[C@@H]3C(=O)N(CC=C)C(C)(C)CC(C)(C)C)c1ccccc1. The van der Waals surface area contributed by atoms with Crippen molar-refractivity contribution in [3.05, 3.63) is 97.1 Å². The number of nitrogens with zero attached hydrogens (tertiary/aromatic N) is 2. The van der Waals surface area contributed by atoms with E-state index >= 15 is 9.59 Å². The van der Waals surface area contributed by atoms with Crippen LogP contribution in [0.2, 0.25) is 0 Å². The second kappa shape index (κ2) is 17.7. The summed E-state index contributed by atoms with van der Waals surface area (Å²) in [5.74, 6) is -3.98. The smallest absolute Gasteiger partial charge is 0.313 e. The maximum absolute atomic E-state index is 15.4. The Kier molecular flexibility index (Phi) is 13.7. The fraction of sp³-hybridized carbons (Fsp3) is 0.545. The highest BCUT2D eigenvalue weighted by Crippen LogP contribution is 2.62. The summed E-state index contributed by atoms with van der Waals surface area (Å²) in [6.45, 7) is 17.8. The van der Waals surface area contributed by atoms with Crippen LogP contribution in [0.15, 0.2) is 86.0 Å². The number of fused-ring (bicyclic) bond motifs is 1. The first-order chi connectivity index (χ1) is 26.5. The van der Waals surface area contributed by atoms with E-state index in [-0.39, 0.29) is 43.2 Å². The molecule has 0 aliphatic carbocycles. The number of rotatable bonds is 18. The van der Waals surface area contributed by atoms with E-state index in [2.05, 4.69) is 55.2 Å². The Hall–Kier alpha value is -3.84. The number of aliphatic hydroxyl groups excluding tert-OH is 1. The summed E-state index contributed by atoms with van der Waals surface area (Å²) in [4.78, 5) is 61.3. The first-order valence-corrected chi connectivity index (χ1v) is 20.3. The van der Waals surface area contributed by atoms with Crippen molar-refractivity contribution in [1.82, 2.24) is 15.1 Å². The molecule has 3 heterocycles. The fourth-order valence-corrected chi connectivity index (χ4v) is 10.4. The van der Waals surface area contributed by atoms with E-state index in [0.717, 1.165) is 0 Å². The van der Waals surface area contributed by atoms with Crippen LogP contribution < -0.4 is 5.32 Å². The quantitative estimate of drug-likeness (QED) is 0.105. The van der Waals surface area contributed by atoms with Crippen molar-refractivity contribution in [2.45, 2.75) is 107 Å². The second-order valence-corrected chi connectivity index (χ2v) is 18.2. The second-order valence-electron chi connectivity index (χ2n) is 17.0. The van der Waals surface area contributed by atoms with Crippen molar-refractivity contribution < 1.29 is 38.5 Å². The molecule has 3 aliphatic heterocycles. The van der Waals surface area contributed by atoms with Gasteiger partial charge in [0, 0.05) is 30.4 Å². The third-order valence-corrected chi connectivity index (χ3v) is 12.0. The summed E-state index contributed by atoms with van der Waals surface area (Å²) in [5.41, 5.74) is -0.981. The van der Waals surface area contributed by atoms with Crippen LogP contribution >= 0.6 is 15.9 Å². The lowest BCUT2D eigenvalue weighted by Gasteiger charge is -2.46. The van der Waals surface area contributed by atoms with E-state index in [9.17, 15) is 14.7 Å². The maximum Gasteiger partial charge on any atom is 0.313 e. The summed E-state index contributed by atoms with van der Waals surface area (Å²) in [7, 11) is 1.50. The number of nitrogens with one attached hydrogen (secondary N) is 1. The van der Waals surface area contributed by atoms with Crippen LogP contribution in [-0.4, -0.2) is 99.6 Å². The number of alkyl halides is 1. The standard InChI is InChI=1S/C44H58BrN3O8/c1-9-11-22-33(50)46-31(26-54-8)36(29-20-16-13-17-21-29)55-41(53)34-35-39(51)48(32(25-49)28-18-14-12-15-19-28)38(44(35)24-30(45)37(34)56-44)40(52)47(23-10-2)43(6,7)27-42(3,4)5/h9-10,12-21,30-32,34-38,49H,1-2,11,22-27H2,3-8H3,(H,46,50)/t30?,31-,32-,34-,35+,36-,37-,38-,44+/m1/s1. The molecule has 11 nitrogen and oxygen atoms in total. The normalized spacial score (nSPS) is 25.9. The zero-order valence-electron chi connectivity index (χ0n) is 33.5. The number of hydrogen-bond acceptors (Lipinski definition) is 8. The molecule has 2 aromatic rings. The van der Waals surface area contributed by atoms with Crippen LogP contribution in [0.4, 0.5) is 0 Å². The number of carbonyl (C=O) groups excluding carboxylic acids is 4. The highest BCUT2D eigenvalue weighted by Gasteiger charge is 2.78. The number of aliphatic hydroxyl groups is 1. The van der Waals surface area contributed by atoms with Gasteiger partial charge in [-0.1, -0.05) is 110 Å². The van der Waals surface area contributed by atoms with Gasteiger partial charge in [-0.15, -0.1) is 13.2 Å². The van der Waals surface area contributed by atoms with Crippen LogP contribution in [0.25, 0.3) is 0 Å². The number of allylic oxidation sites excluding steroid dienone is 1. The Morgan fingerprint density at radius 3 is 2.23 bits per heavy atom. The van der Waals surface area contributed by atoms with Gasteiger partial charge in [0.2, 0.25) is 17.7 Å². The molecule has 2 N–H and O–H groups in total. The zero-order valence-corrected chi connectivity index (χ0v) is 35.1. The lowest BCUT2D eigenvalue weighted by atomic mass is 9.70. The number of carbonyl (C=O) groups is 4. The Balaban J connectivity index is 1.61. The minimum atomic E-state index is -1.43. The van der Waals surface area contributed by atoms with Crippen LogP contribution in [0.1, 0.15) is 83.6 Å². The van der Waals surface area contributed by atoms with Crippen molar-refractivity contribution in [3.8, 4) is 0 Å². The van der Waals surface area contributed by atoms with Gasteiger partial charge in [-0.3, -0.25) is 19.2 Å². The molecule has 2 aromatic carbocycles. The molecule has 0 aromatic heterocycles. The average Bonchev–Trinajstić information content (AvgIpc) is 3.75. The summed E-state index contributed by atoms with van der Waals surface area (Å²) in [5, 5.41) is 14.0. The summed E-state index contributed by atoms with van der Waals surface area (Å²) < 4.78 is 18.8. The van der Waals surface area contributed by atoms with Gasteiger partial charge >= 0.3 is 5.97 Å². The van der Waals surface area contributed by atoms with E-state index in [1.807, 2.05) is 62.4 Å². The molecule has 56 heavy (non-hydrogen) atoms. The monoisotopic (exact) mass is 835 g/mol. The first-order valence-electron chi connectivity index (χ1n) is 19.4. The third-order valence-electron chi connectivity index (χ3n) is 11.2. The van der Waals surface area contributed by atoms with E-state index < -0.39 is 76.6 Å². The summed E-state index contributed by atoms with van der Waals surface area (Å²) in [6, 6.07) is 15.3. The summed E-state index contributed by atoms with van der Waals surface area (Å²) in [6.07, 6.45) is 3.12. The van der Waals surface area contributed by atoms with Gasteiger partial charge in [0.05, 0.1) is 43.2 Å². The lowest BCUT2D eigenvalue weighted by Crippen LogP contribution is -2.61. The number of halogens is 1. The molecule has 5 rings (SSSR count). The fourth-order valence-electron chi connectivity index (χ4n) is 9.41. The number of esters is 1. The topological polar surface area (TPSA) is 135 Å². The van der Waals surface area contributed by atoms with Crippen LogP contribution in [0, 0.1) is 17.3 Å². The molecule has 1 unspecified atom stereocenters. The number of ether oxygens (including phenoxy) is 3. The number of benzene rings is 2. The highest BCUT2D eigenvalue weighted by atomic mass is 79.9. The lowest BCUT2D eigenvalue weighted by molar-refractivity contribution is -0.163. The number of methoxy groups -OCH3 is 1. The van der Waals surface area contributed by atoms with E-state index in [4.69, 9.17) is 14.2 Å². The molecule has 12 heteroatoms. The first kappa shape index (κ1) is 43.3. The third kappa shape index (κ3) is 8.68. The Bertz CT molecular complexity index is 1730. The summed E-state index contributed by atoms with van der Waals surface area (Å²) >= 11 is 3.78. The van der Waals surface area contributed by atoms with Crippen LogP contribution in [-0.2, 0) is 33.4 Å². The Labute approximate surface area is 339 Å². The highest BCUT2D eigenvalue weighted by molar-refractivity contribution is 9.09. The predicted molar refractivity (Wildman–Crippen MR) is 217 cm³/mol. The largest absolute Gasteiger partial charge is 0.455 e. The van der Waals surface area contributed by atoms with Gasteiger partial charge in [-0.2, -0.15) is 0 Å². The molecular formula is C44H58BrN3O8. The molecule has 3 fully saturated rings. The van der Waals surface area contributed by atoms with E-state index in [1.54, 1.807) is 29.2 Å². The average molecular weight is 837 g/mol. The van der Waals surface area contributed by atoms with Gasteiger partial charge in [0.1, 0.15) is 17.7 Å². The van der Waals surface area contributed by atoms with Crippen molar-refractivity contribution in [2.24, 2.45) is 17.3 Å². The molecule has 1 spiro atoms. The molecule has 3 saturated heterocycles. The van der Waals surface area contributed by atoms with Gasteiger partial charge in [0.25, 0.3) is 0 Å².